The van der Waals surface area contributed by atoms with Crippen LogP contribution in [0.1, 0.15) is 46.9 Å². The lowest BCUT2D eigenvalue weighted by Gasteiger charge is -2.12. The van der Waals surface area contributed by atoms with E-state index >= 15 is 0 Å². The van der Waals surface area contributed by atoms with E-state index in [4.69, 9.17) is 4.74 Å². The Morgan fingerprint density at radius 3 is 2.24 bits per heavy atom. The number of rotatable bonds is 4. The number of aryl methyl sites for hydroxylation is 2. The van der Waals surface area contributed by atoms with Gasteiger partial charge in [-0.3, -0.25) is 0 Å². The molecule has 0 saturated heterocycles. The summed E-state index contributed by atoms with van der Waals surface area (Å²) in [6.07, 6.45) is 0. The molecule has 0 N–H and O–H groups in total. The van der Waals surface area contributed by atoms with Gasteiger partial charge in [0.2, 0.25) is 5.88 Å². The van der Waals surface area contributed by atoms with Crippen molar-refractivity contribution in [2.75, 3.05) is 0 Å². The Bertz CT molecular complexity index is 878. The van der Waals surface area contributed by atoms with Gasteiger partial charge >= 0.3 is 5.97 Å². The molecule has 1 heterocycles. The molecule has 0 atom stereocenters. The minimum Gasteiger partial charge on any atom is -0.403 e. The van der Waals surface area contributed by atoms with Gasteiger partial charge in [-0.05, 0) is 44.0 Å². The Kier molecular flexibility index (Phi) is 4.70. The summed E-state index contributed by atoms with van der Waals surface area (Å²) < 4.78 is 7.51. The van der Waals surface area contributed by atoms with E-state index < -0.39 is 0 Å². The normalized spacial score (nSPS) is 10.9. The fraction of sp³-hybridized carbons (Fsp3) is 0.238. The minimum atomic E-state index is -0.376. The van der Waals surface area contributed by atoms with Crippen LogP contribution in [0.3, 0.4) is 0 Å². The van der Waals surface area contributed by atoms with Crippen LogP contribution in [0.15, 0.2) is 54.6 Å². The van der Waals surface area contributed by atoms with Crippen molar-refractivity contribution in [1.29, 1.82) is 0 Å². The van der Waals surface area contributed by atoms with Gasteiger partial charge in [0.05, 0.1) is 16.9 Å². The molecule has 3 rings (SSSR count). The Labute approximate surface area is 148 Å². The van der Waals surface area contributed by atoms with Gasteiger partial charge in [-0.15, -0.1) is 0 Å². The van der Waals surface area contributed by atoms with E-state index in [-0.39, 0.29) is 11.9 Å². The summed E-state index contributed by atoms with van der Waals surface area (Å²) in [5.41, 5.74) is 4.31. The molecule has 128 valence electrons. The zero-order valence-electron chi connectivity index (χ0n) is 15.0. The Balaban J connectivity index is 2.04. The molecule has 0 radical (unpaired) electrons. The first-order valence-electron chi connectivity index (χ1n) is 8.41. The van der Waals surface area contributed by atoms with Gasteiger partial charge in [0.25, 0.3) is 0 Å². The molecule has 0 spiro atoms. The van der Waals surface area contributed by atoms with E-state index in [0.29, 0.717) is 11.4 Å². The van der Waals surface area contributed by atoms with Crippen LogP contribution in [0.5, 0.6) is 5.88 Å². The molecule has 0 fully saturated rings. The standard InChI is InChI=1S/C21H22N2O2/c1-14(2)19-16(4)22-23(18-8-6-5-7-9-18)20(19)25-21(24)17-12-10-15(3)11-13-17/h5-14H,1-4H3. The highest BCUT2D eigenvalue weighted by Gasteiger charge is 2.23. The maximum absolute atomic E-state index is 12.6. The van der Waals surface area contributed by atoms with Crippen LogP contribution in [0, 0.1) is 13.8 Å². The Morgan fingerprint density at radius 1 is 1.00 bits per heavy atom. The predicted molar refractivity (Wildman–Crippen MR) is 98.5 cm³/mol. The number of para-hydroxylation sites is 1. The number of benzene rings is 2. The monoisotopic (exact) mass is 334 g/mol. The smallest absolute Gasteiger partial charge is 0.344 e. The average Bonchev–Trinajstić information content (AvgIpc) is 2.92. The van der Waals surface area contributed by atoms with E-state index in [1.165, 1.54) is 0 Å². The summed E-state index contributed by atoms with van der Waals surface area (Å²) in [6.45, 7) is 8.07. The van der Waals surface area contributed by atoms with Gasteiger partial charge in [0, 0.05) is 5.56 Å². The van der Waals surface area contributed by atoms with Crippen molar-refractivity contribution < 1.29 is 9.53 Å². The fourth-order valence-electron chi connectivity index (χ4n) is 2.86. The van der Waals surface area contributed by atoms with Crippen molar-refractivity contribution in [2.45, 2.75) is 33.6 Å². The number of ether oxygens (including phenoxy) is 1. The minimum absolute atomic E-state index is 0.193. The summed E-state index contributed by atoms with van der Waals surface area (Å²) in [4.78, 5) is 12.6. The second-order valence-electron chi connectivity index (χ2n) is 6.46. The predicted octanol–water partition coefficient (Wildman–Crippen LogP) is 4.83. The maximum Gasteiger partial charge on any atom is 0.344 e. The number of carbonyl (C=O) groups is 1. The molecule has 4 nitrogen and oxygen atoms in total. The highest BCUT2D eigenvalue weighted by Crippen LogP contribution is 2.32. The van der Waals surface area contributed by atoms with Crippen LogP contribution in [0.2, 0.25) is 0 Å². The molecular formula is C21H22N2O2. The van der Waals surface area contributed by atoms with Crippen molar-refractivity contribution in [3.8, 4) is 11.6 Å². The van der Waals surface area contributed by atoms with E-state index in [0.717, 1.165) is 22.5 Å². The van der Waals surface area contributed by atoms with Crippen molar-refractivity contribution >= 4 is 5.97 Å². The molecule has 0 saturated carbocycles. The van der Waals surface area contributed by atoms with E-state index in [9.17, 15) is 4.79 Å². The van der Waals surface area contributed by atoms with Crippen molar-refractivity contribution in [1.82, 2.24) is 9.78 Å². The summed E-state index contributed by atoms with van der Waals surface area (Å²) in [7, 11) is 0. The third-order valence-corrected chi connectivity index (χ3v) is 4.12. The molecule has 2 aromatic carbocycles. The summed E-state index contributed by atoms with van der Waals surface area (Å²) in [6, 6.07) is 17.1. The van der Waals surface area contributed by atoms with Gasteiger partial charge in [-0.2, -0.15) is 5.10 Å². The zero-order valence-corrected chi connectivity index (χ0v) is 15.0. The molecule has 0 bridgehead atoms. The van der Waals surface area contributed by atoms with Gasteiger partial charge in [-0.25, -0.2) is 9.48 Å². The lowest BCUT2D eigenvalue weighted by atomic mass is 10.0. The zero-order chi connectivity index (χ0) is 18.0. The van der Waals surface area contributed by atoms with Crippen LogP contribution in [0.4, 0.5) is 0 Å². The third kappa shape index (κ3) is 3.48. The quantitative estimate of drug-likeness (QED) is 0.642. The average molecular weight is 334 g/mol. The molecule has 3 aromatic rings. The van der Waals surface area contributed by atoms with Gasteiger partial charge in [0.1, 0.15) is 0 Å². The van der Waals surface area contributed by atoms with E-state index in [2.05, 4.69) is 18.9 Å². The topological polar surface area (TPSA) is 44.1 Å². The molecule has 1 aromatic heterocycles. The number of nitrogens with zero attached hydrogens (tertiary/aromatic N) is 2. The van der Waals surface area contributed by atoms with Crippen LogP contribution >= 0.6 is 0 Å². The van der Waals surface area contributed by atoms with Gasteiger partial charge < -0.3 is 4.74 Å². The van der Waals surface area contributed by atoms with Crippen molar-refractivity contribution in [3.63, 3.8) is 0 Å². The molecule has 0 aliphatic carbocycles. The number of aromatic nitrogens is 2. The SMILES string of the molecule is Cc1ccc(C(=O)Oc2c(C(C)C)c(C)nn2-c2ccccc2)cc1. The highest BCUT2D eigenvalue weighted by molar-refractivity contribution is 5.91. The van der Waals surface area contributed by atoms with Crippen molar-refractivity contribution in [3.05, 3.63) is 77.0 Å². The summed E-state index contributed by atoms with van der Waals surface area (Å²) in [5, 5.41) is 4.60. The second-order valence-corrected chi connectivity index (χ2v) is 6.46. The van der Waals surface area contributed by atoms with Crippen LogP contribution in [0.25, 0.3) is 5.69 Å². The second kappa shape index (κ2) is 6.93. The largest absolute Gasteiger partial charge is 0.403 e. The third-order valence-electron chi connectivity index (χ3n) is 4.12. The first-order valence-corrected chi connectivity index (χ1v) is 8.41. The van der Waals surface area contributed by atoms with Gasteiger partial charge in [0.15, 0.2) is 0 Å². The lowest BCUT2D eigenvalue weighted by molar-refractivity contribution is 0.0721. The highest BCUT2D eigenvalue weighted by atomic mass is 16.5. The first kappa shape index (κ1) is 17.0. The number of esters is 1. The fourth-order valence-corrected chi connectivity index (χ4v) is 2.86. The number of hydrogen-bond acceptors (Lipinski definition) is 3. The van der Waals surface area contributed by atoms with Gasteiger partial charge in [-0.1, -0.05) is 49.7 Å². The molecule has 0 aliphatic rings. The first-order chi connectivity index (χ1) is 12.0. The van der Waals surface area contributed by atoms with Crippen LogP contribution < -0.4 is 4.74 Å². The molecule has 25 heavy (non-hydrogen) atoms. The molecule has 0 unspecified atom stereocenters. The Morgan fingerprint density at radius 2 is 1.64 bits per heavy atom. The van der Waals surface area contributed by atoms with Crippen LogP contribution in [-0.2, 0) is 0 Å². The Hall–Kier alpha value is -2.88. The summed E-state index contributed by atoms with van der Waals surface area (Å²) in [5.74, 6) is 0.307. The van der Waals surface area contributed by atoms with E-state index in [1.54, 1.807) is 16.8 Å². The molecular weight excluding hydrogens is 312 g/mol. The molecule has 4 heteroatoms. The molecule has 0 amide bonds. The molecule has 0 aliphatic heterocycles. The number of carbonyl (C=O) groups excluding carboxylic acids is 1. The van der Waals surface area contributed by atoms with Crippen LogP contribution in [-0.4, -0.2) is 15.7 Å². The van der Waals surface area contributed by atoms with Crippen molar-refractivity contribution in [2.24, 2.45) is 0 Å². The number of hydrogen-bond donors (Lipinski definition) is 0. The van der Waals surface area contributed by atoms with E-state index in [1.807, 2.05) is 56.3 Å². The lowest BCUT2D eigenvalue weighted by Crippen LogP contribution is -2.13. The summed E-state index contributed by atoms with van der Waals surface area (Å²) >= 11 is 0. The maximum atomic E-state index is 12.6.